The standard InChI is InChI=1S/C18H25N3O2S/c1-13-19-14(12-24-13)10-20(2)15-5-6-21(11-15)16-7-17(22-3)9-18(8-16)23-4/h7-9,12,15H,5-6,10-11H2,1-4H3/t15-/m1/s1. The number of benzene rings is 1. The molecule has 3 rings (SSSR count). The number of rotatable bonds is 6. The first-order valence-electron chi connectivity index (χ1n) is 8.18. The van der Waals surface area contributed by atoms with Crippen molar-refractivity contribution in [3.8, 4) is 11.5 Å². The van der Waals surface area contributed by atoms with Gasteiger partial charge in [0.25, 0.3) is 0 Å². The smallest absolute Gasteiger partial charge is 0.124 e. The first kappa shape index (κ1) is 17.0. The molecule has 1 aromatic carbocycles. The molecule has 6 heteroatoms. The summed E-state index contributed by atoms with van der Waals surface area (Å²) in [7, 11) is 5.57. The second-order valence-electron chi connectivity index (χ2n) is 6.23. The molecule has 2 aromatic rings. The number of methoxy groups -OCH3 is 2. The van der Waals surface area contributed by atoms with Crippen LogP contribution in [0.25, 0.3) is 0 Å². The Labute approximate surface area is 147 Å². The summed E-state index contributed by atoms with van der Waals surface area (Å²) in [6.45, 7) is 5.02. The Bertz CT molecular complexity index is 666. The third kappa shape index (κ3) is 3.82. The Kier molecular flexibility index (Phi) is 5.26. The molecule has 1 aromatic heterocycles. The number of anilines is 1. The Morgan fingerprint density at radius 2 is 1.96 bits per heavy atom. The van der Waals surface area contributed by atoms with E-state index in [0.29, 0.717) is 6.04 Å². The number of hydrogen-bond donors (Lipinski definition) is 0. The van der Waals surface area contributed by atoms with E-state index in [0.717, 1.165) is 48.2 Å². The van der Waals surface area contributed by atoms with Crippen molar-refractivity contribution < 1.29 is 9.47 Å². The summed E-state index contributed by atoms with van der Waals surface area (Å²) in [4.78, 5) is 9.38. The van der Waals surface area contributed by atoms with E-state index >= 15 is 0 Å². The molecule has 0 saturated carbocycles. The van der Waals surface area contributed by atoms with Gasteiger partial charge in [0.05, 0.1) is 24.9 Å². The molecule has 0 amide bonds. The van der Waals surface area contributed by atoms with Crippen molar-refractivity contribution in [1.82, 2.24) is 9.88 Å². The van der Waals surface area contributed by atoms with E-state index in [-0.39, 0.29) is 0 Å². The van der Waals surface area contributed by atoms with Crippen LogP contribution in [-0.2, 0) is 6.54 Å². The first-order chi connectivity index (χ1) is 11.6. The summed E-state index contributed by atoms with van der Waals surface area (Å²) in [5.41, 5.74) is 2.33. The minimum Gasteiger partial charge on any atom is -0.497 e. The fourth-order valence-corrected chi connectivity index (χ4v) is 3.78. The lowest BCUT2D eigenvalue weighted by atomic mass is 10.2. The number of ether oxygens (including phenoxy) is 2. The molecule has 1 atom stereocenters. The van der Waals surface area contributed by atoms with Crippen molar-refractivity contribution >= 4 is 17.0 Å². The molecule has 24 heavy (non-hydrogen) atoms. The fourth-order valence-electron chi connectivity index (χ4n) is 3.18. The number of thiazole rings is 1. The van der Waals surface area contributed by atoms with Gasteiger partial charge in [-0.25, -0.2) is 4.98 Å². The minimum absolute atomic E-state index is 0.532. The van der Waals surface area contributed by atoms with E-state index in [1.54, 1.807) is 25.6 Å². The molecule has 0 unspecified atom stereocenters. The van der Waals surface area contributed by atoms with Crippen LogP contribution < -0.4 is 14.4 Å². The van der Waals surface area contributed by atoms with Crippen LogP contribution in [0.1, 0.15) is 17.1 Å². The summed E-state index contributed by atoms with van der Waals surface area (Å²) in [5.74, 6) is 1.67. The molecule has 0 spiro atoms. The lowest BCUT2D eigenvalue weighted by Gasteiger charge is -2.25. The van der Waals surface area contributed by atoms with Crippen molar-refractivity contribution in [2.24, 2.45) is 0 Å². The van der Waals surface area contributed by atoms with Gasteiger partial charge in [-0.05, 0) is 20.4 Å². The van der Waals surface area contributed by atoms with Crippen LogP contribution in [0.15, 0.2) is 23.6 Å². The van der Waals surface area contributed by atoms with Crippen LogP contribution in [0.5, 0.6) is 11.5 Å². The first-order valence-corrected chi connectivity index (χ1v) is 9.06. The van der Waals surface area contributed by atoms with Crippen molar-refractivity contribution in [3.05, 3.63) is 34.3 Å². The highest BCUT2D eigenvalue weighted by atomic mass is 32.1. The fraction of sp³-hybridized carbons (Fsp3) is 0.500. The molecule has 5 nitrogen and oxygen atoms in total. The Morgan fingerprint density at radius 1 is 1.25 bits per heavy atom. The van der Waals surface area contributed by atoms with E-state index in [1.807, 2.05) is 6.07 Å². The zero-order chi connectivity index (χ0) is 17.1. The second kappa shape index (κ2) is 7.40. The number of hydrogen-bond acceptors (Lipinski definition) is 6. The topological polar surface area (TPSA) is 37.8 Å². The van der Waals surface area contributed by atoms with E-state index in [1.165, 1.54) is 5.69 Å². The maximum absolute atomic E-state index is 5.39. The molecule has 0 N–H and O–H groups in total. The van der Waals surface area contributed by atoms with Gasteiger partial charge in [0.15, 0.2) is 0 Å². The zero-order valence-corrected chi connectivity index (χ0v) is 15.6. The summed E-state index contributed by atoms with van der Waals surface area (Å²) in [6, 6.07) is 6.60. The van der Waals surface area contributed by atoms with Crippen LogP contribution in [0.2, 0.25) is 0 Å². The van der Waals surface area contributed by atoms with Crippen LogP contribution in [0.3, 0.4) is 0 Å². The molecular formula is C18H25N3O2S. The molecule has 0 aliphatic carbocycles. The van der Waals surface area contributed by atoms with Gasteiger partial charge in [0, 0.05) is 54.9 Å². The molecule has 2 heterocycles. The Morgan fingerprint density at radius 3 is 2.54 bits per heavy atom. The minimum atomic E-state index is 0.532. The highest BCUT2D eigenvalue weighted by molar-refractivity contribution is 7.09. The van der Waals surface area contributed by atoms with Gasteiger partial charge in [-0.15, -0.1) is 11.3 Å². The second-order valence-corrected chi connectivity index (χ2v) is 7.29. The monoisotopic (exact) mass is 347 g/mol. The largest absolute Gasteiger partial charge is 0.497 e. The Hall–Kier alpha value is -1.79. The number of nitrogens with zero attached hydrogens (tertiary/aromatic N) is 3. The predicted molar refractivity (Wildman–Crippen MR) is 98.5 cm³/mol. The van der Waals surface area contributed by atoms with E-state index in [2.05, 4.69) is 46.3 Å². The average Bonchev–Trinajstić information content (AvgIpc) is 3.23. The third-order valence-corrected chi connectivity index (χ3v) is 5.39. The van der Waals surface area contributed by atoms with Crippen molar-refractivity contribution in [3.63, 3.8) is 0 Å². The van der Waals surface area contributed by atoms with Crippen molar-refractivity contribution in [2.75, 3.05) is 39.3 Å². The quantitative estimate of drug-likeness (QED) is 0.802. The average molecular weight is 347 g/mol. The van der Waals surface area contributed by atoms with E-state index in [4.69, 9.17) is 9.47 Å². The van der Waals surface area contributed by atoms with Crippen molar-refractivity contribution in [2.45, 2.75) is 25.9 Å². The molecule has 1 aliphatic heterocycles. The normalized spacial score (nSPS) is 17.5. The van der Waals surface area contributed by atoms with Crippen LogP contribution in [0.4, 0.5) is 5.69 Å². The highest BCUT2D eigenvalue weighted by Crippen LogP contribution is 2.31. The molecule has 1 aliphatic rings. The number of aromatic nitrogens is 1. The molecular weight excluding hydrogens is 322 g/mol. The van der Waals surface area contributed by atoms with E-state index < -0.39 is 0 Å². The summed E-state index contributed by atoms with van der Waals surface area (Å²) in [6.07, 6.45) is 1.15. The summed E-state index contributed by atoms with van der Waals surface area (Å²) < 4.78 is 10.8. The van der Waals surface area contributed by atoms with Gasteiger partial charge in [0.2, 0.25) is 0 Å². The molecule has 1 fully saturated rings. The zero-order valence-electron chi connectivity index (χ0n) is 14.8. The van der Waals surface area contributed by atoms with Crippen LogP contribution in [0, 0.1) is 6.92 Å². The molecule has 0 radical (unpaired) electrons. The maximum Gasteiger partial charge on any atom is 0.124 e. The maximum atomic E-state index is 5.39. The SMILES string of the molecule is COc1cc(OC)cc(N2CC[C@@H](N(C)Cc3csc(C)n3)C2)c1. The van der Waals surface area contributed by atoms with Crippen LogP contribution in [-0.4, -0.2) is 50.3 Å². The lowest BCUT2D eigenvalue weighted by molar-refractivity contribution is 0.248. The van der Waals surface area contributed by atoms with Gasteiger partial charge in [-0.2, -0.15) is 0 Å². The van der Waals surface area contributed by atoms with Gasteiger partial charge in [-0.3, -0.25) is 4.90 Å². The van der Waals surface area contributed by atoms with Gasteiger partial charge in [-0.1, -0.05) is 0 Å². The number of likely N-dealkylation sites (N-methyl/N-ethyl adjacent to an activating group) is 1. The van der Waals surface area contributed by atoms with Gasteiger partial charge in [0.1, 0.15) is 11.5 Å². The lowest BCUT2D eigenvalue weighted by Crippen LogP contribution is -2.34. The van der Waals surface area contributed by atoms with Gasteiger partial charge < -0.3 is 14.4 Å². The summed E-state index contributed by atoms with van der Waals surface area (Å²) >= 11 is 1.72. The molecule has 1 saturated heterocycles. The highest BCUT2D eigenvalue weighted by Gasteiger charge is 2.26. The Balaban J connectivity index is 1.66. The van der Waals surface area contributed by atoms with Crippen LogP contribution >= 0.6 is 11.3 Å². The number of aryl methyl sites for hydroxylation is 1. The summed E-state index contributed by atoms with van der Waals surface area (Å²) in [5, 5.41) is 3.29. The third-order valence-electron chi connectivity index (χ3n) is 4.57. The molecule has 130 valence electrons. The predicted octanol–water partition coefficient (Wildman–Crippen LogP) is 3.18. The van der Waals surface area contributed by atoms with Gasteiger partial charge >= 0.3 is 0 Å². The van der Waals surface area contributed by atoms with Crippen molar-refractivity contribution in [1.29, 1.82) is 0 Å². The molecule has 0 bridgehead atoms. The van der Waals surface area contributed by atoms with E-state index in [9.17, 15) is 0 Å².